The van der Waals surface area contributed by atoms with E-state index in [1.54, 1.807) is 6.08 Å². The number of nitro groups is 1. The summed E-state index contributed by atoms with van der Waals surface area (Å²) in [6, 6.07) is 16.3. The van der Waals surface area contributed by atoms with Crippen molar-refractivity contribution in [2.75, 3.05) is 11.9 Å². The van der Waals surface area contributed by atoms with Crippen molar-refractivity contribution < 1.29 is 10.0 Å². The zero-order valence-corrected chi connectivity index (χ0v) is 16.6. The van der Waals surface area contributed by atoms with Gasteiger partial charge in [-0.2, -0.15) is 0 Å². The van der Waals surface area contributed by atoms with Crippen LogP contribution in [0.3, 0.4) is 0 Å². The second-order valence-corrected chi connectivity index (χ2v) is 7.85. The molecule has 29 heavy (non-hydrogen) atoms. The number of non-ortho nitro benzene ring substituents is 1. The molecule has 0 bridgehead atoms. The maximum absolute atomic E-state index is 11.2. The Balaban J connectivity index is 1.91. The average Bonchev–Trinajstić information content (AvgIpc) is 3.28. The van der Waals surface area contributed by atoms with Crippen LogP contribution in [0.25, 0.3) is 6.08 Å². The first-order valence-electron chi connectivity index (χ1n) is 9.42. The smallest absolute Gasteiger partial charge is 0.270 e. The van der Waals surface area contributed by atoms with Gasteiger partial charge in [0.1, 0.15) is 11.4 Å². The molecule has 6 heteroatoms. The van der Waals surface area contributed by atoms with E-state index in [-0.39, 0.29) is 16.9 Å². The lowest BCUT2D eigenvalue weighted by Crippen LogP contribution is -2.54. The van der Waals surface area contributed by atoms with E-state index < -0.39 is 10.6 Å². The Bertz CT molecular complexity index is 1100. The van der Waals surface area contributed by atoms with Gasteiger partial charge in [0.15, 0.2) is 0 Å². The van der Waals surface area contributed by atoms with Gasteiger partial charge in [-0.15, -0.1) is 0 Å². The monoisotopic (exact) mass is 389 g/mol. The van der Waals surface area contributed by atoms with Gasteiger partial charge in [0, 0.05) is 48.2 Å². The fourth-order valence-corrected chi connectivity index (χ4v) is 4.55. The minimum Gasteiger partial charge on any atom is -0.507 e. The van der Waals surface area contributed by atoms with Crippen LogP contribution in [0.15, 0.2) is 73.1 Å². The lowest BCUT2D eigenvalue weighted by Gasteiger charge is -2.45. The summed E-state index contributed by atoms with van der Waals surface area (Å²) in [7, 11) is 2.05. The van der Waals surface area contributed by atoms with E-state index >= 15 is 0 Å². The van der Waals surface area contributed by atoms with Crippen molar-refractivity contribution in [3.63, 3.8) is 0 Å². The molecule has 1 N–H and O–H groups in total. The van der Waals surface area contributed by atoms with E-state index in [0.717, 1.165) is 5.69 Å². The number of para-hydroxylation sites is 1. The van der Waals surface area contributed by atoms with Crippen LogP contribution in [-0.4, -0.2) is 21.6 Å². The third-order valence-electron chi connectivity index (χ3n) is 6.09. The van der Waals surface area contributed by atoms with Gasteiger partial charge in [-0.05, 0) is 35.9 Å². The zero-order chi connectivity index (χ0) is 20.8. The van der Waals surface area contributed by atoms with E-state index in [4.69, 9.17) is 0 Å². The molecule has 1 aliphatic heterocycles. The van der Waals surface area contributed by atoms with Gasteiger partial charge in [-0.25, -0.2) is 0 Å². The zero-order valence-electron chi connectivity index (χ0n) is 16.6. The SMILES string of the molecule is CN1c2ccccc2C(C)(C)C1(C=Cc1cc([N+](=O)[O-])ccc1O)n1cccc1. The van der Waals surface area contributed by atoms with Gasteiger partial charge < -0.3 is 14.6 Å². The highest BCUT2D eigenvalue weighted by Gasteiger charge is 2.55. The first kappa shape index (κ1) is 18.8. The van der Waals surface area contributed by atoms with Crippen molar-refractivity contribution in [1.29, 1.82) is 0 Å². The standard InChI is InChI=1S/C23H23N3O3/c1-22(2)19-8-4-5-9-20(19)24(3)23(22,25-14-6-7-15-25)13-12-17-16-18(26(28)29)10-11-21(17)27/h4-16,27H,1-3H3. The summed E-state index contributed by atoms with van der Waals surface area (Å²) in [6.07, 6.45) is 7.82. The Morgan fingerprint density at radius 1 is 1.07 bits per heavy atom. The normalized spacial score (nSPS) is 20.2. The Hall–Kier alpha value is -3.54. The van der Waals surface area contributed by atoms with Gasteiger partial charge in [-0.1, -0.05) is 38.1 Å². The number of rotatable bonds is 4. The number of fused-ring (bicyclic) bond motifs is 1. The largest absolute Gasteiger partial charge is 0.507 e. The summed E-state index contributed by atoms with van der Waals surface area (Å²) in [4.78, 5) is 12.9. The molecule has 0 amide bonds. The van der Waals surface area contributed by atoms with Crippen molar-refractivity contribution >= 4 is 17.5 Å². The lowest BCUT2D eigenvalue weighted by atomic mass is 9.75. The maximum Gasteiger partial charge on any atom is 0.270 e. The first-order chi connectivity index (χ1) is 13.8. The molecule has 2 aromatic carbocycles. The van der Waals surface area contributed by atoms with Crippen LogP contribution in [0.2, 0.25) is 0 Å². The molecule has 0 radical (unpaired) electrons. The van der Waals surface area contributed by atoms with Crippen molar-refractivity contribution in [1.82, 2.24) is 4.57 Å². The molecule has 0 aliphatic carbocycles. The predicted molar refractivity (Wildman–Crippen MR) is 114 cm³/mol. The van der Waals surface area contributed by atoms with Gasteiger partial charge in [0.25, 0.3) is 5.69 Å². The summed E-state index contributed by atoms with van der Waals surface area (Å²) < 4.78 is 2.14. The fraction of sp³-hybridized carbons (Fsp3) is 0.217. The Morgan fingerprint density at radius 2 is 1.76 bits per heavy atom. The van der Waals surface area contributed by atoms with Crippen molar-refractivity contribution in [3.05, 3.63) is 94.3 Å². The number of aromatic nitrogens is 1. The Labute approximate surface area is 169 Å². The number of nitro benzene ring substituents is 1. The first-order valence-corrected chi connectivity index (χ1v) is 9.42. The quantitative estimate of drug-likeness (QED) is 0.509. The molecule has 6 nitrogen and oxygen atoms in total. The second kappa shape index (κ2) is 6.51. The number of phenolic OH excluding ortho intramolecular Hbond substituents is 1. The molecule has 148 valence electrons. The van der Waals surface area contributed by atoms with Gasteiger partial charge in [0.2, 0.25) is 0 Å². The molecule has 3 aromatic rings. The molecule has 1 aliphatic rings. The Morgan fingerprint density at radius 3 is 2.41 bits per heavy atom. The number of likely N-dealkylation sites (N-methyl/N-ethyl adjacent to an activating group) is 1. The second-order valence-electron chi connectivity index (χ2n) is 7.85. The van der Waals surface area contributed by atoms with E-state index in [1.165, 1.54) is 23.8 Å². The molecule has 0 saturated heterocycles. The van der Waals surface area contributed by atoms with Crippen LogP contribution >= 0.6 is 0 Å². The molecule has 1 unspecified atom stereocenters. The summed E-state index contributed by atoms with van der Waals surface area (Å²) in [5.74, 6) is 0.00507. The molecular weight excluding hydrogens is 366 g/mol. The summed E-state index contributed by atoms with van der Waals surface area (Å²) in [5, 5.41) is 21.4. The van der Waals surface area contributed by atoms with Gasteiger partial charge in [-0.3, -0.25) is 10.1 Å². The van der Waals surface area contributed by atoms with Crippen molar-refractivity contribution in [2.24, 2.45) is 0 Å². The molecule has 4 rings (SSSR count). The van der Waals surface area contributed by atoms with E-state index in [2.05, 4.69) is 35.4 Å². The third-order valence-corrected chi connectivity index (χ3v) is 6.09. The number of phenols is 1. The molecular formula is C23H23N3O3. The predicted octanol–water partition coefficient (Wildman–Crippen LogP) is 4.90. The van der Waals surface area contributed by atoms with Crippen molar-refractivity contribution in [3.8, 4) is 5.75 Å². The Kier molecular flexibility index (Phi) is 4.22. The number of hydrogen-bond donors (Lipinski definition) is 1. The van der Waals surface area contributed by atoms with Crippen molar-refractivity contribution in [2.45, 2.75) is 24.9 Å². The highest BCUT2D eigenvalue weighted by molar-refractivity contribution is 5.69. The number of benzene rings is 2. The van der Waals surface area contributed by atoms with Crippen LogP contribution in [0, 0.1) is 10.1 Å². The number of aromatic hydroxyl groups is 1. The molecule has 2 heterocycles. The molecule has 1 atom stereocenters. The average molecular weight is 389 g/mol. The van der Waals surface area contributed by atoms with Crippen LogP contribution in [-0.2, 0) is 11.1 Å². The van der Waals surface area contributed by atoms with Crippen LogP contribution in [0.5, 0.6) is 5.75 Å². The third kappa shape index (κ3) is 2.63. The summed E-state index contributed by atoms with van der Waals surface area (Å²) in [6.45, 7) is 4.37. The van der Waals surface area contributed by atoms with E-state index in [0.29, 0.717) is 5.56 Å². The van der Waals surface area contributed by atoms with E-state index in [1.807, 2.05) is 49.8 Å². The summed E-state index contributed by atoms with van der Waals surface area (Å²) in [5.41, 5.74) is 1.77. The van der Waals surface area contributed by atoms with Gasteiger partial charge in [0.05, 0.1) is 4.92 Å². The molecule has 0 saturated carbocycles. The maximum atomic E-state index is 11.2. The molecule has 0 spiro atoms. The van der Waals surface area contributed by atoms with Crippen LogP contribution < -0.4 is 4.90 Å². The fourth-order valence-electron chi connectivity index (χ4n) is 4.55. The number of nitrogens with zero attached hydrogens (tertiary/aromatic N) is 3. The highest BCUT2D eigenvalue weighted by Crippen LogP contribution is 2.54. The lowest BCUT2D eigenvalue weighted by molar-refractivity contribution is -0.384. The van der Waals surface area contributed by atoms with E-state index in [9.17, 15) is 15.2 Å². The number of anilines is 1. The number of hydrogen-bond acceptors (Lipinski definition) is 4. The topological polar surface area (TPSA) is 71.5 Å². The van der Waals surface area contributed by atoms with Gasteiger partial charge >= 0.3 is 0 Å². The summed E-state index contributed by atoms with van der Waals surface area (Å²) >= 11 is 0. The van der Waals surface area contributed by atoms with Crippen LogP contribution in [0.4, 0.5) is 11.4 Å². The molecule has 0 fully saturated rings. The van der Waals surface area contributed by atoms with Crippen LogP contribution in [0.1, 0.15) is 25.0 Å². The minimum absolute atomic E-state index is 0.00507. The molecule has 1 aromatic heterocycles. The minimum atomic E-state index is -0.600. The highest BCUT2D eigenvalue weighted by atomic mass is 16.6.